The van der Waals surface area contributed by atoms with E-state index in [0.29, 0.717) is 35.9 Å². The van der Waals surface area contributed by atoms with E-state index in [4.69, 9.17) is 9.47 Å². The Bertz CT molecular complexity index is 1320. The van der Waals surface area contributed by atoms with Gasteiger partial charge in [-0.15, -0.1) is 0 Å². The van der Waals surface area contributed by atoms with Crippen molar-refractivity contribution in [2.24, 2.45) is 5.92 Å². The molecule has 37 heavy (non-hydrogen) atoms. The Morgan fingerprint density at radius 3 is 2.43 bits per heavy atom. The molecule has 1 saturated carbocycles. The molecule has 1 aliphatic carbocycles. The van der Waals surface area contributed by atoms with Crippen molar-refractivity contribution in [1.82, 2.24) is 14.8 Å². The molecule has 5 rings (SSSR count). The van der Waals surface area contributed by atoms with Crippen molar-refractivity contribution in [3.05, 3.63) is 62.1 Å². The van der Waals surface area contributed by atoms with Crippen LogP contribution in [0.2, 0.25) is 0 Å². The number of hydrogen-bond donors (Lipinski definition) is 1. The number of nitrogens with one attached hydrogen (secondary N) is 1. The van der Waals surface area contributed by atoms with Crippen molar-refractivity contribution in [2.75, 3.05) is 20.6 Å². The van der Waals surface area contributed by atoms with Crippen molar-refractivity contribution >= 4 is 12.0 Å². The number of aromatic amines is 1. The van der Waals surface area contributed by atoms with Gasteiger partial charge < -0.3 is 24.3 Å². The highest BCUT2D eigenvalue weighted by Crippen LogP contribution is 2.52. The lowest BCUT2D eigenvalue weighted by atomic mass is 9.81. The first-order valence-corrected chi connectivity index (χ1v) is 13.4. The molecule has 2 aromatic rings. The van der Waals surface area contributed by atoms with Gasteiger partial charge in [0.15, 0.2) is 11.5 Å². The van der Waals surface area contributed by atoms with Crippen LogP contribution in [0.25, 0.3) is 6.08 Å². The fraction of sp³-hybridized carbons (Fsp3) is 0.533. The van der Waals surface area contributed by atoms with Crippen LogP contribution in [0.3, 0.4) is 0 Å². The Kier molecular flexibility index (Phi) is 6.47. The van der Waals surface area contributed by atoms with E-state index < -0.39 is 5.79 Å². The Morgan fingerprint density at radius 1 is 1.14 bits per heavy atom. The molecule has 3 heterocycles. The minimum Gasteiger partial charge on any atom is -0.448 e. The lowest BCUT2D eigenvalue weighted by Gasteiger charge is -2.39. The molecule has 7 nitrogen and oxygen atoms in total. The molecule has 1 amide bonds. The monoisotopic (exact) mass is 505 g/mol. The third kappa shape index (κ3) is 4.27. The molecular formula is C30H39N3O4. The molecule has 1 aromatic heterocycles. The van der Waals surface area contributed by atoms with E-state index in [9.17, 15) is 9.59 Å². The highest BCUT2D eigenvalue weighted by atomic mass is 16.7. The molecule has 3 aliphatic rings. The van der Waals surface area contributed by atoms with Crippen LogP contribution in [-0.2, 0) is 13.0 Å². The molecule has 1 atom stereocenters. The molecular weight excluding hydrogens is 466 g/mol. The number of carbonyl (C=O) groups excluding carboxylic acids is 1. The van der Waals surface area contributed by atoms with E-state index in [-0.39, 0.29) is 23.9 Å². The number of benzene rings is 1. The van der Waals surface area contributed by atoms with Gasteiger partial charge in [-0.05, 0) is 84.2 Å². The van der Waals surface area contributed by atoms with Crippen LogP contribution in [0.1, 0.15) is 76.5 Å². The second-order valence-electron chi connectivity index (χ2n) is 11.4. The normalized spacial score (nSPS) is 24.9. The number of carbonyl (C=O) groups is 1. The number of aryl methyl sites for hydroxylation is 2. The maximum Gasteiger partial charge on any atom is 0.254 e. The molecule has 1 aromatic carbocycles. The van der Waals surface area contributed by atoms with Crippen LogP contribution in [0.15, 0.2) is 17.4 Å². The maximum absolute atomic E-state index is 13.8. The van der Waals surface area contributed by atoms with Gasteiger partial charge in [0, 0.05) is 47.8 Å². The largest absolute Gasteiger partial charge is 0.448 e. The van der Waals surface area contributed by atoms with Crippen molar-refractivity contribution < 1.29 is 14.3 Å². The number of nitrogens with zero attached hydrogens (tertiary/aromatic N) is 2. The lowest BCUT2D eigenvalue weighted by molar-refractivity contribution is -0.123. The average molecular weight is 506 g/mol. The summed E-state index contributed by atoms with van der Waals surface area (Å²) in [5.74, 6) is 0.809. The third-order valence-electron chi connectivity index (χ3n) is 8.75. The number of H-pyrrole nitrogens is 1. The summed E-state index contributed by atoms with van der Waals surface area (Å²) in [6, 6.07) is 2.54. The summed E-state index contributed by atoms with van der Waals surface area (Å²) in [5, 5.41) is 0. The number of ether oxygens (including phenoxy) is 2. The Hall–Kier alpha value is -3.06. The quantitative estimate of drug-likeness (QED) is 0.635. The molecule has 198 valence electrons. The summed E-state index contributed by atoms with van der Waals surface area (Å²) in [6.45, 7) is 12.7. The zero-order valence-electron chi connectivity index (χ0n) is 23.0. The fourth-order valence-corrected chi connectivity index (χ4v) is 6.53. The van der Waals surface area contributed by atoms with Crippen molar-refractivity contribution in [1.29, 1.82) is 0 Å². The van der Waals surface area contributed by atoms with Gasteiger partial charge in [-0.2, -0.15) is 0 Å². The predicted molar refractivity (Wildman–Crippen MR) is 145 cm³/mol. The summed E-state index contributed by atoms with van der Waals surface area (Å²) in [7, 11) is 4.29. The molecule has 1 fully saturated rings. The van der Waals surface area contributed by atoms with Crippen molar-refractivity contribution in [3.63, 3.8) is 0 Å². The third-order valence-corrected chi connectivity index (χ3v) is 8.75. The number of hydrogen-bond acceptors (Lipinski definition) is 5. The molecule has 0 bridgehead atoms. The van der Waals surface area contributed by atoms with E-state index in [0.717, 1.165) is 59.4 Å². The topological polar surface area (TPSA) is 74.9 Å². The molecule has 0 saturated heterocycles. The number of aromatic nitrogens is 1. The zero-order chi connectivity index (χ0) is 26.6. The van der Waals surface area contributed by atoms with E-state index >= 15 is 0 Å². The molecule has 7 heteroatoms. The second kappa shape index (κ2) is 9.35. The van der Waals surface area contributed by atoms with Gasteiger partial charge in [-0.25, -0.2) is 0 Å². The molecule has 0 radical (unpaired) electrons. The zero-order valence-corrected chi connectivity index (χ0v) is 23.0. The summed E-state index contributed by atoms with van der Waals surface area (Å²) in [4.78, 5) is 33.4. The standard InChI is InChI=1S/C30H39N3O4/c1-8-22-23-13-14-33(16-24-17(2)15-18(3)31-28(24)34)29(35)25(23)19(4)26-27(22)37-30(5,36-26)20-9-11-21(12-10-20)32(6)7/h8,15,20-21H,1,9-14,16H2,2-7H3,(H,31,34). The van der Waals surface area contributed by atoms with E-state index in [1.807, 2.05) is 33.8 Å². The highest BCUT2D eigenvalue weighted by molar-refractivity contribution is 6.01. The second-order valence-corrected chi connectivity index (χ2v) is 11.4. The number of rotatable bonds is 5. The highest BCUT2D eigenvalue weighted by Gasteiger charge is 2.48. The van der Waals surface area contributed by atoms with Crippen LogP contribution < -0.4 is 15.0 Å². The first kappa shape index (κ1) is 25.6. The van der Waals surface area contributed by atoms with Crippen molar-refractivity contribution in [2.45, 2.75) is 78.2 Å². The molecule has 1 unspecified atom stereocenters. The summed E-state index contributed by atoms with van der Waals surface area (Å²) in [6.07, 6.45) is 6.77. The minimum atomic E-state index is -0.763. The van der Waals surface area contributed by atoms with Crippen LogP contribution in [0.4, 0.5) is 0 Å². The SMILES string of the molecule is C=Cc1c2c(c(C)c3c1OC(C)(C1CCC(N(C)C)CC1)O3)C(=O)N(Cc1c(C)cc(C)[nH]c1=O)CC2. The number of pyridine rings is 1. The first-order chi connectivity index (χ1) is 17.5. The number of amides is 1. The van der Waals surface area contributed by atoms with E-state index in [1.54, 1.807) is 11.0 Å². The minimum absolute atomic E-state index is 0.0762. The lowest BCUT2D eigenvalue weighted by Crippen LogP contribution is -2.46. The van der Waals surface area contributed by atoms with Gasteiger partial charge in [0.1, 0.15) is 0 Å². The smallest absolute Gasteiger partial charge is 0.254 e. The maximum atomic E-state index is 13.8. The van der Waals surface area contributed by atoms with Crippen molar-refractivity contribution in [3.8, 4) is 11.5 Å². The van der Waals surface area contributed by atoms with Crippen LogP contribution in [0, 0.1) is 26.7 Å². The molecule has 1 N–H and O–H groups in total. The summed E-state index contributed by atoms with van der Waals surface area (Å²) in [5.41, 5.74) is 5.50. The van der Waals surface area contributed by atoms with Crippen LogP contribution in [0.5, 0.6) is 11.5 Å². The van der Waals surface area contributed by atoms with Gasteiger partial charge in [0.05, 0.1) is 12.1 Å². The van der Waals surface area contributed by atoms with Gasteiger partial charge in [0.2, 0.25) is 0 Å². The number of fused-ring (bicyclic) bond motifs is 2. The first-order valence-electron chi connectivity index (χ1n) is 13.4. The predicted octanol–water partition coefficient (Wildman–Crippen LogP) is 4.75. The summed E-state index contributed by atoms with van der Waals surface area (Å²) < 4.78 is 13.2. The van der Waals surface area contributed by atoms with E-state index in [2.05, 4.69) is 30.6 Å². The molecule has 2 aliphatic heterocycles. The van der Waals surface area contributed by atoms with Crippen LogP contribution in [-0.4, -0.2) is 53.2 Å². The Morgan fingerprint density at radius 2 is 1.81 bits per heavy atom. The van der Waals surface area contributed by atoms with Gasteiger partial charge in [-0.3, -0.25) is 9.59 Å². The molecule has 0 spiro atoms. The summed E-state index contributed by atoms with van der Waals surface area (Å²) >= 11 is 0. The average Bonchev–Trinajstić information content (AvgIpc) is 3.21. The van der Waals surface area contributed by atoms with E-state index in [1.165, 1.54) is 0 Å². The van der Waals surface area contributed by atoms with Gasteiger partial charge in [-0.1, -0.05) is 12.7 Å². The fourth-order valence-electron chi connectivity index (χ4n) is 6.53. The Balaban J connectivity index is 1.46. The van der Waals surface area contributed by atoms with Crippen LogP contribution >= 0.6 is 0 Å². The van der Waals surface area contributed by atoms with Gasteiger partial charge >= 0.3 is 0 Å². The Labute approximate surface area is 219 Å². The van der Waals surface area contributed by atoms with Gasteiger partial charge in [0.25, 0.3) is 17.3 Å².